The Morgan fingerprint density at radius 3 is 2.08 bits per heavy atom. The molecule has 0 fully saturated rings. The van der Waals surface area contributed by atoms with Crippen molar-refractivity contribution in [2.75, 3.05) is 0 Å². The summed E-state index contributed by atoms with van der Waals surface area (Å²) in [5.41, 5.74) is 2.83. The van der Waals surface area contributed by atoms with Gasteiger partial charge in [-0.2, -0.15) is 0 Å². The van der Waals surface area contributed by atoms with Crippen molar-refractivity contribution in [2.45, 2.75) is 0 Å². The van der Waals surface area contributed by atoms with Gasteiger partial charge in [0.15, 0.2) is 0 Å². The summed E-state index contributed by atoms with van der Waals surface area (Å²) in [6, 6.07) is 26.6. The van der Waals surface area contributed by atoms with Gasteiger partial charge in [0.1, 0.15) is 0 Å². The van der Waals surface area contributed by atoms with Crippen molar-refractivity contribution in [1.82, 2.24) is 0 Å². The minimum atomic E-state index is -1.48. The van der Waals surface area contributed by atoms with Crippen molar-refractivity contribution >= 4 is 54.9 Å². The van der Waals surface area contributed by atoms with E-state index in [2.05, 4.69) is 48.5 Å². The maximum absolute atomic E-state index is 9.71. The highest BCUT2D eigenvalue weighted by Crippen LogP contribution is 2.41. The number of hydrogen-bond acceptors (Lipinski definition) is 3. The molecule has 0 unspecified atom stereocenters. The smallest absolute Gasteiger partial charge is 0.423 e. The van der Waals surface area contributed by atoms with Crippen molar-refractivity contribution in [2.24, 2.45) is 0 Å². The number of hydrogen-bond donors (Lipinski definition) is 2. The zero-order valence-corrected chi connectivity index (χ0v) is 14.7. The molecule has 124 valence electrons. The molecule has 2 nitrogen and oxygen atoms in total. The molecule has 0 atom stereocenters. The Morgan fingerprint density at radius 1 is 0.577 bits per heavy atom. The number of benzene rings is 4. The fourth-order valence-corrected chi connectivity index (χ4v) is 4.98. The highest BCUT2D eigenvalue weighted by atomic mass is 32.1. The third-order valence-corrected chi connectivity index (χ3v) is 6.15. The van der Waals surface area contributed by atoms with Crippen molar-refractivity contribution in [1.29, 1.82) is 0 Å². The molecular weight excluding hydrogens is 339 g/mol. The lowest BCUT2D eigenvalue weighted by atomic mass is 9.76. The average molecular weight is 354 g/mol. The van der Waals surface area contributed by atoms with E-state index in [9.17, 15) is 10.0 Å². The number of thiophene rings is 1. The van der Waals surface area contributed by atoms with Crippen molar-refractivity contribution in [3.63, 3.8) is 0 Å². The van der Waals surface area contributed by atoms with Gasteiger partial charge in [0, 0.05) is 25.7 Å². The molecule has 4 heteroatoms. The second kappa shape index (κ2) is 5.96. The molecule has 0 aliphatic rings. The molecule has 26 heavy (non-hydrogen) atoms. The van der Waals surface area contributed by atoms with Crippen LogP contribution in [0, 0.1) is 0 Å². The van der Waals surface area contributed by atoms with Crippen molar-refractivity contribution in [3.05, 3.63) is 78.9 Å². The van der Waals surface area contributed by atoms with Gasteiger partial charge >= 0.3 is 7.12 Å². The maximum atomic E-state index is 9.71. The fraction of sp³-hybridized carbons (Fsp3) is 0. The highest BCUT2D eigenvalue weighted by Gasteiger charge is 2.17. The first-order valence-electron chi connectivity index (χ1n) is 8.52. The van der Waals surface area contributed by atoms with Gasteiger partial charge in [0.05, 0.1) is 0 Å². The molecule has 5 aromatic rings. The lowest BCUT2D eigenvalue weighted by Gasteiger charge is -2.11. The molecule has 5 rings (SSSR count). The monoisotopic (exact) mass is 354 g/mol. The zero-order chi connectivity index (χ0) is 17.7. The first-order chi connectivity index (χ1) is 12.7. The van der Waals surface area contributed by atoms with E-state index in [0.29, 0.717) is 5.46 Å². The number of rotatable bonds is 2. The summed E-state index contributed by atoms with van der Waals surface area (Å²) in [6.45, 7) is 0. The van der Waals surface area contributed by atoms with Crippen LogP contribution < -0.4 is 5.46 Å². The minimum Gasteiger partial charge on any atom is -0.423 e. The van der Waals surface area contributed by atoms with Gasteiger partial charge in [-0.1, -0.05) is 72.8 Å². The van der Waals surface area contributed by atoms with Gasteiger partial charge in [-0.05, 0) is 27.9 Å². The quantitative estimate of drug-likeness (QED) is 0.457. The van der Waals surface area contributed by atoms with E-state index in [1.54, 1.807) is 17.4 Å². The normalized spacial score (nSPS) is 11.5. The van der Waals surface area contributed by atoms with E-state index in [4.69, 9.17) is 0 Å². The van der Waals surface area contributed by atoms with Gasteiger partial charge in [-0.15, -0.1) is 11.3 Å². The summed E-state index contributed by atoms with van der Waals surface area (Å²) in [5, 5.41) is 23.9. The molecule has 0 aliphatic carbocycles. The summed E-state index contributed by atoms with van der Waals surface area (Å²) in [7, 11) is -1.48. The summed E-state index contributed by atoms with van der Waals surface area (Å²) in [5.74, 6) is 0. The SMILES string of the molecule is OB(O)c1cccc2c(-c3cccc4c3sc3ccccc34)cccc12. The number of fused-ring (bicyclic) bond motifs is 4. The Bertz CT molecular complexity index is 1270. The maximum Gasteiger partial charge on any atom is 0.489 e. The molecule has 1 aromatic heterocycles. The van der Waals surface area contributed by atoms with Crippen LogP contribution in [0.4, 0.5) is 0 Å². The van der Waals surface area contributed by atoms with E-state index in [1.807, 2.05) is 24.3 Å². The molecule has 0 saturated carbocycles. The van der Waals surface area contributed by atoms with Crippen LogP contribution in [0.15, 0.2) is 78.9 Å². The Kier molecular flexibility index (Phi) is 3.57. The van der Waals surface area contributed by atoms with Gasteiger partial charge in [0.25, 0.3) is 0 Å². The molecular formula is C22H15BO2S. The third-order valence-electron chi connectivity index (χ3n) is 4.93. The van der Waals surface area contributed by atoms with Gasteiger partial charge in [-0.25, -0.2) is 0 Å². The molecule has 0 saturated heterocycles. The van der Waals surface area contributed by atoms with Crippen LogP contribution in [0.1, 0.15) is 0 Å². The standard InChI is InChI=1S/C22H15BO2S/c24-23(25)20-12-5-8-14-15(7-3-9-16(14)20)18-10-4-11-19-17-6-1-2-13-21(17)26-22(18)19/h1-13,24-25H. The van der Waals surface area contributed by atoms with E-state index < -0.39 is 7.12 Å². The van der Waals surface area contributed by atoms with Crippen LogP contribution in [0.25, 0.3) is 42.1 Å². The molecule has 0 radical (unpaired) electrons. The first-order valence-corrected chi connectivity index (χ1v) is 9.34. The summed E-state index contributed by atoms with van der Waals surface area (Å²) in [4.78, 5) is 0. The molecule has 0 bridgehead atoms. The largest absolute Gasteiger partial charge is 0.489 e. The van der Waals surface area contributed by atoms with E-state index >= 15 is 0 Å². The summed E-state index contributed by atoms with van der Waals surface area (Å²) in [6.07, 6.45) is 0. The molecule has 0 aliphatic heterocycles. The Balaban J connectivity index is 1.88. The van der Waals surface area contributed by atoms with Crippen LogP contribution in [0.5, 0.6) is 0 Å². The van der Waals surface area contributed by atoms with Crippen LogP contribution in [-0.2, 0) is 0 Å². The Morgan fingerprint density at radius 2 is 1.23 bits per heavy atom. The van der Waals surface area contributed by atoms with Gasteiger partial charge in [-0.3, -0.25) is 0 Å². The minimum absolute atomic E-state index is 0.535. The Labute approximate surface area is 155 Å². The fourth-order valence-electron chi connectivity index (χ4n) is 3.75. The topological polar surface area (TPSA) is 40.5 Å². The predicted octanol–water partition coefficient (Wildman–Crippen LogP) is 4.55. The van der Waals surface area contributed by atoms with Crippen LogP contribution >= 0.6 is 11.3 Å². The van der Waals surface area contributed by atoms with E-state index in [0.717, 1.165) is 16.3 Å². The Hall–Kier alpha value is -2.66. The molecule has 0 amide bonds. The third kappa shape index (κ3) is 2.27. The van der Waals surface area contributed by atoms with Crippen molar-refractivity contribution < 1.29 is 10.0 Å². The van der Waals surface area contributed by atoms with E-state index in [-0.39, 0.29) is 0 Å². The summed E-state index contributed by atoms with van der Waals surface area (Å²) < 4.78 is 2.54. The lowest BCUT2D eigenvalue weighted by Crippen LogP contribution is -2.30. The lowest BCUT2D eigenvalue weighted by molar-refractivity contribution is 0.426. The van der Waals surface area contributed by atoms with Gasteiger partial charge in [0.2, 0.25) is 0 Å². The first kappa shape index (κ1) is 15.6. The molecule has 0 spiro atoms. The summed E-state index contributed by atoms with van der Waals surface area (Å²) >= 11 is 1.80. The van der Waals surface area contributed by atoms with Crippen LogP contribution in [0.2, 0.25) is 0 Å². The highest BCUT2D eigenvalue weighted by molar-refractivity contribution is 7.26. The molecule has 2 N–H and O–H groups in total. The second-order valence-corrected chi connectivity index (χ2v) is 7.45. The van der Waals surface area contributed by atoms with Crippen LogP contribution in [-0.4, -0.2) is 17.2 Å². The van der Waals surface area contributed by atoms with E-state index in [1.165, 1.54) is 25.7 Å². The second-order valence-electron chi connectivity index (χ2n) is 6.40. The van der Waals surface area contributed by atoms with Gasteiger partial charge < -0.3 is 10.0 Å². The molecule has 1 heterocycles. The van der Waals surface area contributed by atoms with Crippen molar-refractivity contribution in [3.8, 4) is 11.1 Å². The average Bonchev–Trinajstić information content (AvgIpc) is 3.06. The zero-order valence-electron chi connectivity index (χ0n) is 13.9. The molecule has 4 aromatic carbocycles. The van der Waals surface area contributed by atoms with Crippen LogP contribution in [0.3, 0.4) is 0 Å². The predicted molar refractivity (Wildman–Crippen MR) is 112 cm³/mol.